The molecule has 4 rings (SSSR count). The molecule has 3 aromatic carbocycles. The zero-order valence-corrected chi connectivity index (χ0v) is 19.1. The van der Waals surface area contributed by atoms with Gasteiger partial charge < -0.3 is 10.1 Å². The second-order valence-corrected chi connectivity index (χ2v) is 8.02. The van der Waals surface area contributed by atoms with E-state index in [1.807, 2.05) is 48.7 Å². The molecule has 7 heteroatoms. The fourth-order valence-electron chi connectivity index (χ4n) is 3.44. The zero-order valence-electron chi connectivity index (χ0n) is 18.3. The minimum absolute atomic E-state index is 0.359. The van der Waals surface area contributed by atoms with Crippen LogP contribution < -0.4 is 5.32 Å². The number of aromatic nitrogens is 3. The van der Waals surface area contributed by atoms with E-state index in [1.165, 1.54) is 18.2 Å². The summed E-state index contributed by atoms with van der Waals surface area (Å²) < 4.78 is 6.53. The summed E-state index contributed by atoms with van der Waals surface area (Å²) in [4.78, 5) is 12.4. The first-order chi connectivity index (χ1) is 16.1. The van der Waals surface area contributed by atoms with Crippen molar-refractivity contribution in [2.75, 3.05) is 12.4 Å². The lowest BCUT2D eigenvalue weighted by atomic mass is 10.1. The molecule has 0 aliphatic heterocycles. The molecule has 0 fully saturated rings. The number of ether oxygens (including phenoxy) is 1. The lowest BCUT2D eigenvalue weighted by Gasteiger charge is -2.09. The maximum atomic E-state index is 11.6. The highest BCUT2D eigenvalue weighted by Gasteiger charge is 2.08. The molecule has 0 spiro atoms. The van der Waals surface area contributed by atoms with Crippen molar-refractivity contribution >= 4 is 28.9 Å². The Morgan fingerprint density at radius 2 is 1.61 bits per heavy atom. The first kappa shape index (κ1) is 22.4. The molecule has 166 valence electrons. The molecule has 0 amide bonds. The van der Waals surface area contributed by atoms with Crippen molar-refractivity contribution in [3.05, 3.63) is 90.6 Å². The number of anilines is 1. The number of nitrogens with zero attached hydrogens (tertiary/aromatic N) is 3. The van der Waals surface area contributed by atoms with Crippen LogP contribution in [0.4, 0.5) is 5.69 Å². The number of thiocarbonyl (C=S) groups is 1. The van der Waals surface area contributed by atoms with Gasteiger partial charge in [0.2, 0.25) is 0 Å². The van der Waals surface area contributed by atoms with Crippen molar-refractivity contribution in [3.63, 3.8) is 0 Å². The van der Waals surface area contributed by atoms with Gasteiger partial charge in [-0.1, -0.05) is 72.0 Å². The number of hydrogen-bond acceptors (Lipinski definition) is 5. The Morgan fingerprint density at radius 1 is 0.939 bits per heavy atom. The molecule has 1 aromatic heterocycles. The molecule has 0 saturated carbocycles. The van der Waals surface area contributed by atoms with Gasteiger partial charge in [0.05, 0.1) is 23.9 Å². The highest BCUT2D eigenvalue weighted by Crippen LogP contribution is 2.21. The van der Waals surface area contributed by atoms with Gasteiger partial charge in [0.1, 0.15) is 5.69 Å². The van der Waals surface area contributed by atoms with E-state index >= 15 is 0 Å². The maximum absolute atomic E-state index is 11.6. The molecule has 0 aliphatic carbocycles. The molecule has 6 nitrogen and oxygen atoms in total. The predicted octanol–water partition coefficient (Wildman–Crippen LogP) is 5.62. The Morgan fingerprint density at radius 3 is 2.30 bits per heavy atom. The molecule has 0 atom stereocenters. The fourth-order valence-corrected chi connectivity index (χ4v) is 3.70. The number of rotatable bonds is 8. The van der Waals surface area contributed by atoms with E-state index in [0.29, 0.717) is 12.1 Å². The lowest BCUT2D eigenvalue weighted by molar-refractivity contribution is 0.0601. The molecular weight excluding hydrogens is 432 g/mol. The van der Waals surface area contributed by atoms with Crippen LogP contribution in [-0.2, 0) is 11.3 Å². The summed E-state index contributed by atoms with van der Waals surface area (Å²) in [5.41, 5.74) is 5.50. The Bertz CT molecular complexity index is 1220. The Labute approximate surface area is 198 Å². The van der Waals surface area contributed by atoms with Gasteiger partial charge in [0.25, 0.3) is 0 Å². The Hall–Kier alpha value is -3.84. The van der Waals surface area contributed by atoms with E-state index in [0.717, 1.165) is 34.8 Å². The minimum atomic E-state index is -0.359. The first-order valence-corrected chi connectivity index (χ1v) is 11.1. The summed E-state index contributed by atoms with van der Waals surface area (Å²) in [6, 6.07) is 25.7. The molecule has 4 aromatic rings. The van der Waals surface area contributed by atoms with Gasteiger partial charge >= 0.3 is 5.97 Å². The summed E-state index contributed by atoms with van der Waals surface area (Å²) in [5, 5.41) is 11.7. The van der Waals surface area contributed by atoms with Crippen LogP contribution in [0.1, 0.15) is 23.2 Å². The van der Waals surface area contributed by atoms with E-state index in [2.05, 4.69) is 39.9 Å². The smallest absolute Gasteiger partial charge is 0.337 e. The summed E-state index contributed by atoms with van der Waals surface area (Å²) in [7, 11) is 1.37. The largest absolute Gasteiger partial charge is 0.465 e. The van der Waals surface area contributed by atoms with Gasteiger partial charge in [-0.05, 0) is 48.2 Å². The van der Waals surface area contributed by atoms with Crippen LogP contribution in [0.5, 0.6) is 0 Å². The molecule has 0 unspecified atom stereocenters. The first-order valence-electron chi connectivity index (χ1n) is 10.7. The highest BCUT2D eigenvalue weighted by atomic mass is 32.1. The molecule has 0 bridgehead atoms. The third-order valence-corrected chi connectivity index (χ3v) is 5.51. The van der Waals surface area contributed by atoms with E-state index in [4.69, 9.17) is 17.0 Å². The molecule has 0 aliphatic rings. The quantitative estimate of drug-likeness (QED) is 0.274. The molecule has 0 radical (unpaired) electrons. The van der Waals surface area contributed by atoms with Crippen molar-refractivity contribution in [2.45, 2.75) is 19.4 Å². The lowest BCUT2D eigenvalue weighted by Crippen LogP contribution is -2.10. The van der Waals surface area contributed by atoms with Crippen LogP contribution in [0.2, 0.25) is 0 Å². The number of esters is 1. The molecule has 1 N–H and O–H groups in total. The van der Waals surface area contributed by atoms with Crippen molar-refractivity contribution in [1.29, 1.82) is 0 Å². The average molecular weight is 457 g/mol. The van der Waals surface area contributed by atoms with E-state index in [9.17, 15) is 4.79 Å². The number of carbonyl (C=O) groups excluding carboxylic acids is 1. The van der Waals surface area contributed by atoms with Gasteiger partial charge in [-0.2, -0.15) is 0 Å². The normalized spacial score (nSPS) is 10.6. The van der Waals surface area contributed by atoms with Crippen LogP contribution in [0.25, 0.3) is 22.4 Å². The van der Waals surface area contributed by atoms with Gasteiger partial charge in [-0.3, -0.25) is 4.68 Å². The summed E-state index contributed by atoms with van der Waals surface area (Å²) in [6.07, 6.45) is 3.49. The molecular formula is C26H24N4O2S. The van der Waals surface area contributed by atoms with Crippen LogP contribution in [0, 0.1) is 0 Å². The number of benzene rings is 3. The SMILES string of the molecule is COC(=O)c1ccc(-c2cn(CCCC(=S)Nc3ccc(-c4ccccc4)cc3)nn2)cc1. The average Bonchev–Trinajstić information content (AvgIpc) is 3.33. The number of nitrogens with one attached hydrogen (secondary N) is 1. The van der Waals surface area contributed by atoms with E-state index in [1.54, 1.807) is 16.8 Å². The van der Waals surface area contributed by atoms with Crippen molar-refractivity contribution in [1.82, 2.24) is 15.0 Å². The van der Waals surface area contributed by atoms with E-state index in [-0.39, 0.29) is 5.97 Å². The van der Waals surface area contributed by atoms with E-state index < -0.39 is 0 Å². The summed E-state index contributed by atoms with van der Waals surface area (Å²) in [5.74, 6) is -0.359. The van der Waals surface area contributed by atoms with Gasteiger partial charge in [0, 0.05) is 17.8 Å². The van der Waals surface area contributed by atoms with Crippen LogP contribution in [0.3, 0.4) is 0 Å². The minimum Gasteiger partial charge on any atom is -0.465 e. The predicted molar refractivity (Wildman–Crippen MR) is 134 cm³/mol. The second kappa shape index (κ2) is 10.7. The van der Waals surface area contributed by atoms with Crippen LogP contribution in [-0.4, -0.2) is 33.1 Å². The number of methoxy groups -OCH3 is 1. The highest BCUT2D eigenvalue weighted by molar-refractivity contribution is 7.80. The number of carbonyl (C=O) groups is 1. The molecule has 1 heterocycles. The van der Waals surface area contributed by atoms with Gasteiger partial charge in [-0.15, -0.1) is 5.10 Å². The number of aryl methyl sites for hydroxylation is 1. The van der Waals surface area contributed by atoms with Crippen molar-refractivity contribution in [2.24, 2.45) is 0 Å². The summed E-state index contributed by atoms with van der Waals surface area (Å²) in [6.45, 7) is 0.710. The maximum Gasteiger partial charge on any atom is 0.337 e. The second-order valence-electron chi connectivity index (χ2n) is 7.53. The Kier molecular flexibility index (Phi) is 7.22. The van der Waals surface area contributed by atoms with Gasteiger partial charge in [-0.25, -0.2) is 4.79 Å². The monoisotopic (exact) mass is 456 g/mol. The zero-order chi connectivity index (χ0) is 23.0. The topological polar surface area (TPSA) is 69.0 Å². The third-order valence-electron chi connectivity index (χ3n) is 5.21. The van der Waals surface area contributed by atoms with Crippen LogP contribution in [0.15, 0.2) is 85.1 Å². The van der Waals surface area contributed by atoms with Gasteiger partial charge in [0.15, 0.2) is 0 Å². The summed E-state index contributed by atoms with van der Waals surface area (Å²) >= 11 is 5.51. The Balaban J connectivity index is 1.25. The fraction of sp³-hybridized carbons (Fsp3) is 0.154. The molecule has 0 saturated heterocycles. The standard InChI is InChI=1S/C26H24N4O2S/c1-32-26(31)22-11-9-21(10-12-22)24-18-30(29-28-24)17-5-8-25(33)27-23-15-13-20(14-16-23)19-6-3-2-4-7-19/h2-4,6-7,9-16,18H,5,8,17H2,1H3,(H,27,33). The third kappa shape index (κ3) is 5.90. The van der Waals surface area contributed by atoms with Crippen molar-refractivity contribution < 1.29 is 9.53 Å². The van der Waals surface area contributed by atoms with Crippen LogP contribution >= 0.6 is 12.2 Å². The molecule has 33 heavy (non-hydrogen) atoms. The number of hydrogen-bond donors (Lipinski definition) is 1. The van der Waals surface area contributed by atoms with Crippen molar-refractivity contribution in [3.8, 4) is 22.4 Å².